The molecular formula is C27H39NOSi. The summed E-state index contributed by atoms with van der Waals surface area (Å²) in [4.78, 5) is 3.54. The molecule has 0 saturated heterocycles. The molecular weight excluding hydrogens is 382 g/mol. The van der Waals surface area contributed by atoms with Crippen LogP contribution < -0.4 is 0 Å². The van der Waals surface area contributed by atoms with E-state index in [0.717, 1.165) is 6.42 Å². The zero-order valence-electron chi connectivity index (χ0n) is 20.0. The van der Waals surface area contributed by atoms with Crippen LogP contribution in [0.4, 0.5) is 0 Å². The number of hydrogen-bond acceptors (Lipinski definition) is 1. The van der Waals surface area contributed by atoms with Crippen LogP contribution in [0.5, 0.6) is 0 Å². The molecule has 1 unspecified atom stereocenters. The van der Waals surface area contributed by atoms with Crippen LogP contribution in [0, 0.1) is 13.8 Å². The van der Waals surface area contributed by atoms with Crippen molar-refractivity contribution < 1.29 is 4.43 Å². The summed E-state index contributed by atoms with van der Waals surface area (Å²) in [6.07, 6.45) is 3.17. The number of aryl methyl sites for hydroxylation is 2. The third-order valence-electron chi connectivity index (χ3n) is 6.96. The first-order valence-electron chi connectivity index (χ1n) is 11.5. The van der Waals surface area contributed by atoms with Crippen molar-refractivity contribution in [2.75, 3.05) is 0 Å². The number of nitrogens with one attached hydrogen (secondary N) is 1. The van der Waals surface area contributed by atoms with Gasteiger partial charge < -0.3 is 9.41 Å². The molecule has 1 atom stereocenters. The van der Waals surface area contributed by atoms with Crippen LogP contribution >= 0.6 is 0 Å². The fourth-order valence-corrected chi connectivity index (χ4v) is 11.1. The van der Waals surface area contributed by atoms with Gasteiger partial charge in [-0.1, -0.05) is 84.0 Å². The minimum Gasteiger partial charge on any atom is -0.409 e. The summed E-state index contributed by atoms with van der Waals surface area (Å²) in [6, 6.07) is 15.3. The number of hydrogen-bond donors (Lipinski definition) is 1. The van der Waals surface area contributed by atoms with E-state index in [1.165, 1.54) is 33.2 Å². The van der Waals surface area contributed by atoms with Crippen molar-refractivity contribution in [3.05, 3.63) is 70.9 Å². The second-order valence-electron chi connectivity index (χ2n) is 9.80. The number of H-pyrrole nitrogens is 1. The van der Waals surface area contributed by atoms with Gasteiger partial charge in [0.05, 0.1) is 6.10 Å². The zero-order chi connectivity index (χ0) is 22.1. The van der Waals surface area contributed by atoms with E-state index in [1.807, 2.05) is 0 Å². The van der Waals surface area contributed by atoms with Crippen molar-refractivity contribution in [3.8, 4) is 0 Å². The minimum atomic E-state index is -2.01. The van der Waals surface area contributed by atoms with Crippen molar-refractivity contribution >= 4 is 19.2 Å². The molecule has 1 aromatic heterocycles. The minimum absolute atomic E-state index is 0.0731. The largest absolute Gasteiger partial charge is 0.409 e. The number of fused-ring (bicyclic) bond motifs is 1. The Morgan fingerprint density at radius 2 is 1.37 bits per heavy atom. The highest BCUT2D eigenvalue weighted by molar-refractivity contribution is 6.77. The average molecular weight is 422 g/mol. The van der Waals surface area contributed by atoms with Crippen molar-refractivity contribution in [3.63, 3.8) is 0 Å². The molecule has 162 valence electrons. The quantitative estimate of drug-likeness (QED) is 0.364. The molecule has 0 aliphatic rings. The van der Waals surface area contributed by atoms with Crippen LogP contribution in [0.15, 0.2) is 48.7 Å². The third kappa shape index (κ3) is 4.15. The van der Waals surface area contributed by atoms with Crippen LogP contribution in [0.25, 0.3) is 10.9 Å². The van der Waals surface area contributed by atoms with E-state index in [9.17, 15) is 0 Å². The van der Waals surface area contributed by atoms with Gasteiger partial charge in [-0.25, -0.2) is 0 Å². The van der Waals surface area contributed by atoms with Crippen molar-refractivity contribution in [2.45, 2.75) is 84.5 Å². The summed E-state index contributed by atoms with van der Waals surface area (Å²) >= 11 is 0. The van der Waals surface area contributed by atoms with Gasteiger partial charge in [0.15, 0.2) is 0 Å². The zero-order valence-corrected chi connectivity index (χ0v) is 21.0. The first-order valence-corrected chi connectivity index (χ1v) is 13.6. The topological polar surface area (TPSA) is 25.0 Å². The SMILES string of the molecule is Cc1ccc(C)c2c(CC(O[Si](C(C)C)(C(C)C)C(C)C)c3ccccc3)c[nH]c12. The Morgan fingerprint density at radius 3 is 1.93 bits per heavy atom. The lowest BCUT2D eigenvalue weighted by atomic mass is 9.98. The molecule has 0 aliphatic carbocycles. The van der Waals surface area contributed by atoms with Gasteiger partial charge in [-0.05, 0) is 52.7 Å². The van der Waals surface area contributed by atoms with E-state index in [-0.39, 0.29) is 6.10 Å². The third-order valence-corrected chi connectivity index (χ3v) is 13.1. The van der Waals surface area contributed by atoms with E-state index in [1.54, 1.807) is 0 Å². The Hall–Kier alpha value is -1.84. The average Bonchev–Trinajstić information content (AvgIpc) is 3.12. The maximum absolute atomic E-state index is 7.33. The molecule has 3 aromatic rings. The highest BCUT2D eigenvalue weighted by atomic mass is 28.4. The normalized spacial score (nSPS) is 13.7. The van der Waals surface area contributed by atoms with Gasteiger partial charge in [-0.3, -0.25) is 0 Å². The smallest absolute Gasteiger partial charge is 0.201 e. The molecule has 1 N–H and O–H groups in total. The number of aromatic amines is 1. The molecule has 2 nitrogen and oxygen atoms in total. The molecule has 2 aromatic carbocycles. The standard InChI is InChI=1S/C27H39NOSi/c1-18(2)30(19(3)4,20(5)6)29-25(23-12-10-9-11-13-23)16-24-17-28-27-22(8)15-14-21(7)26(24)27/h9-15,17-20,25,28H,16H2,1-8H3. The highest BCUT2D eigenvalue weighted by Crippen LogP contribution is 2.46. The first-order chi connectivity index (χ1) is 14.2. The fraction of sp³-hybridized carbons (Fsp3) is 0.481. The Balaban J connectivity index is 2.08. The summed E-state index contributed by atoms with van der Waals surface area (Å²) in [7, 11) is -2.01. The predicted octanol–water partition coefficient (Wildman–Crippen LogP) is 8.26. The lowest BCUT2D eigenvalue weighted by Gasteiger charge is -2.45. The van der Waals surface area contributed by atoms with Crippen LogP contribution in [-0.2, 0) is 10.8 Å². The fourth-order valence-electron chi connectivity index (χ4n) is 5.55. The van der Waals surface area contributed by atoms with E-state index >= 15 is 0 Å². The lowest BCUT2D eigenvalue weighted by Crippen LogP contribution is -2.48. The summed E-state index contributed by atoms with van der Waals surface area (Å²) in [5.74, 6) is 0. The van der Waals surface area contributed by atoms with Gasteiger partial charge in [-0.15, -0.1) is 0 Å². The van der Waals surface area contributed by atoms with E-state index in [0.29, 0.717) is 16.6 Å². The van der Waals surface area contributed by atoms with Gasteiger partial charge >= 0.3 is 0 Å². The van der Waals surface area contributed by atoms with Crippen molar-refractivity contribution in [2.24, 2.45) is 0 Å². The molecule has 30 heavy (non-hydrogen) atoms. The number of benzene rings is 2. The summed E-state index contributed by atoms with van der Waals surface area (Å²) < 4.78 is 7.33. The second kappa shape index (κ2) is 9.11. The Bertz CT molecular complexity index is 949. The monoisotopic (exact) mass is 421 g/mol. The molecule has 0 spiro atoms. The van der Waals surface area contributed by atoms with Crippen LogP contribution in [0.3, 0.4) is 0 Å². The summed E-state index contributed by atoms with van der Waals surface area (Å²) in [5, 5.41) is 1.37. The lowest BCUT2D eigenvalue weighted by molar-refractivity contribution is 0.176. The molecule has 3 rings (SSSR count). The number of aromatic nitrogens is 1. The molecule has 0 aliphatic heterocycles. The maximum atomic E-state index is 7.33. The molecule has 3 heteroatoms. The van der Waals surface area contributed by atoms with E-state index in [4.69, 9.17) is 4.43 Å². The van der Waals surface area contributed by atoms with Crippen LogP contribution in [0.2, 0.25) is 16.6 Å². The van der Waals surface area contributed by atoms with E-state index in [2.05, 4.69) is 109 Å². The highest BCUT2D eigenvalue weighted by Gasteiger charge is 2.46. The van der Waals surface area contributed by atoms with Gasteiger partial charge in [0, 0.05) is 23.5 Å². The molecule has 0 saturated carbocycles. The van der Waals surface area contributed by atoms with Crippen molar-refractivity contribution in [1.29, 1.82) is 0 Å². The Kier molecular flexibility index (Phi) is 6.94. The van der Waals surface area contributed by atoms with Crippen molar-refractivity contribution in [1.82, 2.24) is 4.98 Å². The van der Waals surface area contributed by atoms with Crippen LogP contribution in [-0.4, -0.2) is 13.3 Å². The van der Waals surface area contributed by atoms with Gasteiger partial charge in [-0.2, -0.15) is 0 Å². The van der Waals surface area contributed by atoms with Crippen LogP contribution in [0.1, 0.15) is 69.9 Å². The molecule has 0 amide bonds. The first kappa shape index (κ1) is 22.8. The maximum Gasteiger partial charge on any atom is 0.201 e. The van der Waals surface area contributed by atoms with Gasteiger partial charge in [0.25, 0.3) is 0 Å². The van der Waals surface area contributed by atoms with E-state index < -0.39 is 8.32 Å². The summed E-state index contributed by atoms with van der Waals surface area (Å²) in [6.45, 7) is 18.6. The summed E-state index contributed by atoms with van der Waals surface area (Å²) in [5.41, 5.74) is 8.24. The van der Waals surface area contributed by atoms with Gasteiger partial charge in [0.2, 0.25) is 8.32 Å². The molecule has 0 fully saturated rings. The Labute approximate surface area is 184 Å². The molecule has 1 heterocycles. The van der Waals surface area contributed by atoms with Gasteiger partial charge in [0.1, 0.15) is 0 Å². The number of rotatable bonds is 8. The molecule has 0 radical (unpaired) electrons. The Morgan fingerprint density at radius 1 is 0.800 bits per heavy atom. The molecule has 0 bridgehead atoms. The second-order valence-corrected chi connectivity index (χ2v) is 15.2. The predicted molar refractivity (Wildman–Crippen MR) is 133 cm³/mol.